The number of nitrogens with one attached hydrogen (secondary N) is 1. The van der Waals surface area contributed by atoms with Crippen LogP contribution in [-0.4, -0.2) is 57.1 Å². The molecule has 2 aromatic heterocycles. The van der Waals surface area contributed by atoms with Crippen LogP contribution in [0.5, 0.6) is 0 Å². The van der Waals surface area contributed by atoms with Crippen LogP contribution in [0.2, 0.25) is 0 Å². The Morgan fingerprint density at radius 2 is 1.86 bits per heavy atom. The number of hydrogen-bond donors (Lipinski definition) is 1. The molecule has 1 N–H and O–H groups in total. The maximum absolute atomic E-state index is 13.0. The summed E-state index contributed by atoms with van der Waals surface area (Å²) >= 11 is 0. The first-order valence-corrected chi connectivity index (χ1v) is 9.49. The van der Waals surface area contributed by atoms with Gasteiger partial charge in [0.25, 0.3) is 11.5 Å². The van der Waals surface area contributed by atoms with Crippen LogP contribution in [0, 0.1) is 0 Å². The van der Waals surface area contributed by atoms with Crippen molar-refractivity contribution in [2.45, 2.75) is 12.3 Å². The number of aryl methyl sites for hydroxylation is 2. The molecule has 1 atom stereocenters. The predicted molar refractivity (Wildman–Crippen MR) is 111 cm³/mol. The number of fused-ring (bicyclic) bond motifs is 1. The van der Waals surface area contributed by atoms with Crippen LogP contribution < -0.4 is 16.1 Å². The van der Waals surface area contributed by atoms with E-state index in [2.05, 4.69) is 9.97 Å². The van der Waals surface area contributed by atoms with E-state index >= 15 is 0 Å². The van der Waals surface area contributed by atoms with Gasteiger partial charge in [-0.15, -0.1) is 0 Å². The molecule has 29 heavy (non-hydrogen) atoms. The van der Waals surface area contributed by atoms with E-state index in [1.54, 1.807) is 51.2 Å². The molecular weight excluding hydrogens is 372 g/mol. The SMILES string of the molecule is CN(C)c1nc([C@@H]2CCN(C(=O)c3ccc4c(c3)n(C)c(=O)n4C)C2)cc(=O)[nH]1. The zero-order valence-corrected chi connectivity index (χ0v) is 17.0. The van der Waals surface area contributed by atoms with Crippen LogP contribution in [0.4, 0.5) is 5.95 Å². The quantitative estimate of drug-likeness (QED) is 0.702. The van der Waals surface area contributed by atoms with Crippen LogP contribution in [0.3, 0.4) is 0 Å². The molecule has 1 saturated heterocycles. The van der Waals surface area contributed by atoms with Gasteiger partial charge in [0.15, 0.2) is 0 Å². The minimum Gasteiger partial charge on any atom is -0.348 e. The van der Waals surface area contributed by atoms with Crippen molar-refractivity contribution in [1.29, 1.82) is 0 Å². The van der Waals surface area contributed by atoms with Crippen molar-refractivity contribution in [3.05, 3.63) is 56.4 Å². The Labute approximate surface area is 167 Å². The van der Waals surface area contributed by atoms with Crippen molar-refractivity contribution in [2.24, 2.45) is 14.1 Å². The summed E-state index contributed by atoms with van der Waals surface area (Å²) in [5, 5.41) is 0. The van der Waals surface area contributed by atoms with E-state index in [1.165, 1.54) is 6.07 Å². The van der Waals surface area contributed by atoms with Crippen molar-refractivity contribution in [1.82, 2.24) is 24.0 Å². The molecule has 1 aliphatic rings. The summed E-state index contributed by atoms with van der Waals surface area (Å²) in [5.74, 6) is 0.445. The summed E-state index contributed by atoms with van der Waals surface area (Å²) in [5.41, 5.74) is 2.45. The number of rotatable bonds is 3. The lowest BCUT2D eigenvalue weighted by atomic mass is 10.0. The molecular formula is C20H24N6O3. The van der Waals surface area contributed by atoms with Gasteiger partial charge >= 0.3 is 5.69 Å². The molecule has 3 aromatic rings. The minimum atomic E-state index is -0.195. The fourth-order valence-electron chi connectivity index (χ4n) is 3.89. The van der Waals surface area contributed by atoms with Crippen LogP contribution in [0.15, 0.2) is 33.9 Å². The molecule has 1 amide bonds. The highest BCUT2D eigenvalue weighted by atomic mass is 16.2. The molecule has 4 rings (SSSR count). The highest BCUT2D eigenvalue weighted by molar-refractivity contribution is 5.97. The van der Waals surface area contributed by atoms with Gasteiger partial charge in [-0.2, -0.15) is 0 Å². The highest BCUT2D eigenvalue weighted by Gasteiger charge is 2.29. The molecule has 0 saturated carbocycles. The second-order valence-electron chi connectivity index (χ2n) is 7.73. The van der Waals surface area contributed by atoms with Crippen molar-refractivity contribution in [2.75, 3.05) is 32.1 Å². The molecule has 3 heterocycles. The number of imidazole rings is 1. The normalized spacial score (nSPS) is 16.6. The Morgan fingerprint density at radius 3 is 2.59 bits per heavy atom. The molecule has 9 heteroatoms. The highest BCUT2D eigenvalue weighted by Crippen LogP contribution is 2.27. The third-order valence-electron chi connectivity index (χ3n) is 5.59. The zero-order chi connectivity index (χ0) is 20.9. The van der Waals surface area contributed by atoms with E-state index in [0.717, 1.165) is 17.5 Å². The molecule has 1 aliphatic heterocycles. The lowest BCUT2D eigenvalue weighted by Gasteiger charge is -2.17. The van der Waals surface area contributed by atoms with Gasteiger partial charge in [0.2, 0.25) is 5.95 Å². The molecule has 0 bridgehead atoms. The summed E-state index contributed by atoms with van der Waals surface area (Å²) in [6.07, 6.45) is 0.751. The number of hydrogen-bond acceptors (Lipinski definition) is 5. The first-order valence-electron chi connectivity index (χ1n) is 9.49. The van der Waals surface area contributed by atoms with Crippen molar-refractivity contribution >= 4 is 22.9 Å². The first-order chi connectivity index (χ1) is 13.8. The summed E-state index contributed by atoms with van der Waals surface area (Å²) in [7, 11) is 7.05. The summed E-state index contributed by atoms with van der Waals surface area (Å²) in [6.45, 7) is 1.11. The second kappa shape index (κ2) is 6.91. The number of likely N-dealkylation sites (tertiary alicyclic amines) is 1. The van der Waals surface area contributed by atoms with Gasteiger partial charge in [-0.3, -0.25) is 23.7 Å². The Morgan fingerprint density at radius 1 is 1.14 bits per heavy atom. The van der Waals surface area contributed by atoms with Crippen molar-refractivity contribution in [3.8, 4) is 0 Å². The Kier molecular flexibility index (Phi) is 4.52. The number of nitrogens with zero attached hydrogens (tertiary/aromatic N) is 5. The number of carbonyl (C=O) groups excluding carboxylic acids is 1. The lowest BCUT2D eigenvalue weighted by Crippen LogP contribution is -2.29. The van der Waals surface area contributed by atoms with Gasteiger partial charge in [0.05, 0.1) is 16.7 Å². The van der Waals surface area contributed by atoms with Gasteiger partial charge in [0.1, 0.15) is 0 Å². The average molecular weight is 396 g/mol. The van der Waals surface area contributed by atoms with Gasteiger partial charge < -0.3 is 9.80 Å². The molecule has 1 fully saturated rings. The molecule has 0 unspecified atom stereocenters. The molecule has 0 radical (unpaired) electrons. The van der Waals surface area contributed by atoms with E-state index in [1.807, 2.05) is 14.1 Å². The number of carbonyl (C=O) groups is 1. The maximum atomic E-state index is 13.0. The van der Waals surface area contributed by atoms with E-state index in [-0.39, 0.29) is 23.1 Å². The number of benzene rings is 1. The lowest BCUT2D eigenvalue weighted by molar-refractivity contribution is 0.0791. The predicted octanol–water partition coefficient (Wildman–Crippen LogP) is 0.656. The van der Waals surface area contributed by atoms with Crippen LogP contribution >= 0.6 is 0 Å². The minimum absolute atomic E-state index is 0.0183. The van der Waals surface area contributed by atoms with Crippen molar-refractivity contribution in [3.63, 3.8) is 0 Å². The Balaban J connectivity index is 1.59. The topological polar surface area (TPSA) is 96.2 Å². The summed E-state index contributed by atoms with van der Waals surface area (Å²) < 4.78 is 3.11. The molecule has 1 aromatic carbocycles. The van der Waals surface area contributed by atoms with E-state index < -0.39 is 0 Å². The molecule has 0 spiro atoms. The fraction of sp³-hybridized carbons (Fsp3) is 0.400. The smallest absolute Gasteiger partial charge is 0.328 e. The standard InChI is InChI=1S/C20H24N6O3/c1-23(2)19-21-14(10-17(27)22-19)13-7-8-26(11-13)18(28)12-5-6-15-16(9-12)25(4)20(29)24(15)3/h5-6,9-10,13H,7-8,11H2,1-4H3,(H,21,22,27)/t13-/m1/s1. The Hall–Kier alpha value is -3.36. The molecule has 0 aliphatic carbocycles. The van der Waals surface area contributed by atoms with Crippen LogP contribution in [-0.2, 0) is 14.1 Å². The third-order valence-corrected chi connectivity index (χ3v) is 5.59. The van der Waals surface area contributed by atoms with Gasteiger partial charge in [-0.25, -0.2) is 9.78 Å². The largest absolute Gasteiger partial charge is 0.348 e. The summed E-state index contributed by atoms with van der Waals surface area (Å²) in [4.78, 5) is 47.9. The Bertz CT molecular complexity index is 1220. The van der Waals surface area contributed by atoms with E-state index in [0.29, 0.717) is 30.3 Å². The van der Waals surface area contributed by atoms with Crippen LogP contribution in [0.1, 0.15) is 28.4 Å². The third kappa shape index (κ3) is 3.22. The summed E-state index contributed by atoms with van der Waals surface area (Å²) in [6, 6.07) is 6.84. The zero-order valence-electron chi connectivity index (χ0n) is 17.0. The average Bonchev–Trinajstić information content (AvgIpc) is 3.27. The first kappa shape index (κ1) is 19.0. The maximum Gasteiger partial charge on any atom is 0.328 e. The number of H-pyrrole nitrogens is 1. The van der Waals surface area contributed by atoms with Gasteiger partial charge in [0, 0.05) is 58.8 Å². The number of amides is 1. The van der Waals surface area contributed by atoms with Crippen molar-refractivity contribution < 1.29 is 4.79 Å². The fourth-order valence-corrected chi connectivity index (χ4v) is 3.89. The molecule has 9 nitrogen and oxygen atoms in total. The van der Waals surface area contributed by atoms with E-state index in [9.17, 15) is 14.4 Å². The second-order valence-corrected chi connectivity index (χ2v) is 7.73. The van der Waals surface area contributed by atoms with Gasteiger partial charge in [-0.05, 0) is 24.6 Å². The number of anilines is 1. The number of aromatic nitrogens is 4. The monoisotopic (exact) mass is 396 g/mol. The van der Waals surface area contributed by atoms with E-state index in [4.69, 9.17) is 0 Å². The number of aromatic amines is 1. The molecule has 152 valence electrons. The van der Waals surface area contributed by atoms with Crippen LogP contribution in [0.25, 0.3) is 11.0 Å². The van der Waals surface area contributed by atoms with Gasteiger partial charge in [-0.1, -0.05) is 0 Å².